The summed E-state index contributed by atoms with van der Waals surface area (Å²) in [5.41, 5.74) is 1.63. The Morgan fingerprint density at radius 2 is 1.88 bits per heavy atom. The molecule has 0 radical (unpaired) electrons. The molecule has 0 aliphatic rings. The van der Waals surface area contributed by atoms with Crippen LogP contribution in [0.5, 0.6) is 0 Å². The highest BCUT2D eigenvalue weighted by Gasteiger charge is 2.13. The van der Waals surface area contributed by atoms with Crippen LogP contribution in [0, 0.1) is 0 Å². The lowest BCUT2D eigenvalue weighted by molar-refractivity contribution is 0.102. The molecule has 4 aromatic rings. The topological polar surface area (TPSA) is 94.1 Å². The molecule has 3 aromatic heterocycles. The van der Waals surface area contributed by atoms with Gasteiger partial charge in [-0.3, -0.25) is 9.78 Å². The molecule has 0 bridgehead atoms. The van der Waals surface area contributed by atoms with Gasteiger partial charge in [-0.2, -0.15) is 0 Å². The van der Waals surface area contributed by atoms with Gasteiger partial charge in [0.1, 0.15) is 5.69 Å². The van der Waals surface area contributed by atoms with Gasteiger partial charge >= 0.3 is 0 Å². The number of amides is 1. The number of carbonyl (C=O) groups excluding carboxylic acids is 1. The maximum Gasteiger partial charge on any atom is 0.283 e. The predicted octanol–water partition coefficient (Wildman–Crippen LogP) is 3.64. The maximum absolute atomic E-state index is 12.2. The lowest BCUT2D eigenvalue weighted by atomic mass is 10.2. The summed E-state index contributed by atoms with van der Waals surface area (Å²) in [5.74, 6) is 0.834. The van der Waals surface area contributed by atoms with E-state index in [1.165, 1.54) is 6.26 Å². The molecule has 0 saturated carbocycles. The van der Waals surface area contributed by atoms with Crippen LogP contribution in [0.4, 0.5) is 5.69 Å². The van der Waals surface area contributed by atoms with E-state index < -0.39 is 0 Å². The Morgan fingerprint density at radius 3 is 2.68 bits per heavy atom. The molecule has 0 saturated heterocycles. The molecule has 1 amide bonds. The summed E-state index contributed by atoms with van der Waals surface area (Å²) in [4.78, 5) is 16.2. The Bertz CT molecular complexity index is 994. The minimum atomic E-state index is -0.292. The van der Waals surface area contributed by atoms with Crippen molar-refractivity contribution >= 4 is 11.6 Å². The fraction of sp³-hybridized carbons (Fsp3) is 0. The number of pyridine rings is 1. The van der Waals surface area contributed by atoms with Crippen molar-refractivity contribution < 1.29 is 13.6 Å². The molecule has 1 aromatic carbocycles. The van der Waals surface area contributed by atoms with Gasteiger partial charge in [-0.25, -0.2) is 0 Å². The first-order valence-electron chi connectivity index (χ1n) is 7.50. The molecule has 0 fully saturated rings. The minimum absolute atomic E-state index is 0.292. The first-order valence-corrected chi connectivity index (χ1v) is 7.50. The number of benzene rings is 1. The molecule has 0 aliphatic carbocycles. The second-order valence-electron chi connectivity index (χ2n) is 5.14. The van der Waals surface area contributed by atoms with Crippen molar-refractivity contribution in [3.8, 4) is 23.1 Å². The van der Waals surface area contributed by atoms with Gasteiger partial charge in [0.05, 0.1) is 6.26 Å². The first-order chi connectivity index (χ1) is 12.3. The van der Waals surface area contributed by atoms with E-state index in [0.717, 1.165) is 0 Å². The third-order valence-electron chi connectivity index (χ3n) is 3.42. The standard InChI is InChI=1S/C18H12N4O3/c23-16(14-7-1-2-9-19-14)20-13-6-3-5-12(11-13)17-21-22-18(25-17)15-8-4-10-24-15/h1-11H,(H,20,23). The Morgan fingerprint density at radius 1 is 0.960 bits per heavy atom. The van der Waals surface area contributed by atoms with Gasteiger partial charge in [-0.1, -0.05) is 12.1 Å². The van der Waals surface area contributed by atoms with Gasteiger partial charge in [0.2, 0.25) is 5.89 Å². The molecule has 0 unspecified atom stereocenters. The predicted molar refractivity (Wildman–Crippen MR) is 89.6 cm³/mol. The van der Waals surface area contributed by atoms with Crippen molar-refractivity contribution in [2.75, 3.05) is 5.32 Å². The van der Waals surface area contributed by atoms with Crippen LogP contribution in [0.15, 0.2) is 75.9 Å². The van der Waals surface area contributed by atoms with E-state index in [4.69, 9.17) is 8.83 Å². The highest BCUT2D eigenvalue weighted by atomic mass is 16.4. The normalized spacial score (nSPS) is 10.6. The van der Waals surface area contributed by atoms with Crippen LogP contribution in [0.1, 0.15) is 10.5 Å². The largest absolute Gasteiger partial charge is 0.459 e. The molecule has 1 N–H and O–H groups in total. The number of hydrogen-bond donors (Lipinski definition) is 1. The quantitative estimate of drug-likeness (QED) is 0.613. The molecular formula is C18H12N4O3. The fourth-order valence-corrected chi connectivity index (χ4v) is 2.26. The van der Waals surface area contributed by atoms with Crippen molar-refractivity contribution in [1.82, 2.24) is 15.2 Å². The molecular weight excluding hydrogens is 320 g/mol. The van der Waals surface area contributed by atoms with Gasteiger partial charge < -0.3 is 14.2 Å². The summed E-state index contributed by atoms with van der Waals surface area (Å²) in [5, 5.41) is 10.8. The highest BCUT2D eigenvalue weighted by molar-refractivity contribution is 6.03. The van der Waals surface area contributed by atoms with Crippen LogP contribution in [0.2, 0.25) is 0 Å². The van der Waals surface area contributed by atoms with E-state index in [-0.39, 0.29) is 5.91 Å². The van der Waals surface area contributed by atoms with E-state index in [1.807, 2.05) is 6.07 Å². The van der Waals surface area contributed by atoms with Crippen LogP contribution in [0.3, 0.4) is 0 Å². The van der Waals surface area contributed by atoms with Crippen molar-refractivity contribution in [2.45, 2.75) is 0 Å². The van der Waals surface area contributed by atoms with E-state index in [2.05, 4.69) is 20.5 Å². The fourth-order valence-electron chi connectivity index (χ4n) is 2.26. The van der Waals surface area contributed by atoms with Gasteiger partial charge in [0.15, 0.2) is 5.76 Å². The van der Waals surface area contributed by atoms with E-state index in [0.29, 0.717) is 34.5 Å². The lowest BCUT2D eigenvalue weighted by Gasteiger charge is -2.05. The summed E-state index contributed by atoms with van der Waals surface area (Å²) < 4.78 is 10.9. The number of hydrogen-bond acceptors (Lipinski definition) is 6. The van der Waals surface area contributed by atoms with Crippen molar-refractivity contribution in [2.24, 2.45) is 0 Å². The summed E-state index contributed by atoms with van der Waals surface area (Å²) in [6.45, 7) is 0. The maximum atomic E-state index is 12.2. The van der Waals surface area contributed by atoms with E-state index >= 15 is 0 Å². The lowest BCUT2D eigenvalue weighted by Crippen LogP contribution is -2.13. The van der Waals surface area contributed by atoms with Crippen LogP contribution >= 0.6 is 0 Å². The Balaban J connectivity index is 1.57. The molecule has 7 nitrogen and oxygen atoms in total. The number of anilines is 1. The number of nitrogens with zero attached hydrogens (tertiary/aromatic N) is 3. The highest BCUT2D eigenvalue weighted by Crippen LogP contribution is 2.25. The molecule has 0 spiro atoms. The number of aromatic nitrogens is 3. The molecule has 0 atom stereocenters. The molecule has 0 aliphatic heterocycles. The molecule has 122 valence electrons. The average Bonchev–Trinajstić information content (AvgIpc) is 3.34. The van der Waals surface area contributed by atoms with Crippen molar-refractivity contribution in [3.63, 3.8) is 0 Å². The van der Waals surface area contributed by atoms with E-state index in [1.54, 1.807) is 54.7 Å². The SMILES string of the molecule is O=C(Nc1cccc(-c2nnc(-c3ccco3)o2)c1)c1ccccn1. The smallest absolute Gasteiger partial charge is 0.283 e. The van der Waals surface area contributed by atoms with E-state index in [9.17, 15) is 4.79 Å². The van der Waals surface area contributed by atoms with Crippen LogP contribution < -0.4 is 5.32 Å². The Labute approximate surface area is 142 Å². The molecule has 25 heavy (non-hydrogen) atoms. The van der Waals surface area contributed by atoms with Crippen molar-refractivity contribution in [3.05, 3.63) is 72.8 Å². The third-order valence-corrected chi connectivity index (χ3v) is 3.42. The zero-order valence-corrected chi connectivity index (χ0v) is 12.9. The first kappa shape index (κ1) is 14.8. The van der Waals surface area contributed by atoms with Crippen molar-refractivity contribution in [1.29, 1.82) is 0 Å². The summed E-state index contributed by atoms with van der Waals surface area (Å²) in [7, 11) is 0. The molecule has 7 heteroatoms. The third kappa shape index (κ3) is 3.16. The number of carbonyl (C=O) groups is 1. The van der Waals surface area contributed by atoms with Crippen LogP contribution in [-0.4, -0.2) is 21.1 Å². The van der Waals surface area contributed by atoms with Gasteiger partial charge in [0.25, 0.3) is 11.8 Å². The second kappa shape index (κ2) is 6.40. The summed E-state index contributed by atoms with van der Waals surface area (Å²) in [6.07, 6.45) is 3.10. The number of furan rings is 1. The summed E-state index contributed by atoms with van der Waals surface area (Å²) in [6, 6.07) is 15.8. The Hall–Kier alpha value is -3.74. The Kier molecular flexibility index (Phi) is 3.80. The zero-order valence-electron chi connectivity index (χ0n) is 12.9. The van der Waals surface area contributed by atoms with Gasteiger partial charge in [-0.15, -0.1) is 10.2 Å². The minimum Gasteiger partial charge on any atom is -0.459 e. The second-order valence-corrected chi connectivity index (χ2v) is 5.14. The summed E-state index contributed by atoms with van der Waals surface area (Å²) >= 11 is 0. The van der Waals surface area contributed by atoms with Crippen LogP contribution in [-0.2, 0) is 0 Å². The monoisotopic (exact) mass is 332 g/mol. The molecule has 3 heterocycles. The zero-order chi connectivity index (χ0) is 17.1. The molecule has 4 rings (SSSR count). The van der Waals surface area contributed by atoms with Crippen LogP contribution in [0.25, 0.3) is 23.1 Å². The van der Waals surface area contributed by atoms with Gasteiger partial charge in [0, 0.05) is 17.4 Å². The number of nitrogens with one attached hydrogen (secondary N) is 1. The van der Waals surface area contributed by atoms with Gasteiger partial charge in [-0.05, 0) is 42.5 Å². The average molecular weight is 332 g/mol. The number of rotatable bonds is 4.